The number of piperidine rings is 1. The Morgan fingerprint density at radius 1 is 1.12 bits per heavy atom. The van der Waals surface area contributed by atoms with E-state index in [0.29, 0.717) is 32.1 Å². The van der Waals surface area contributed by atoms with E-state index in [1.165, 1.54) is 25.0 Å². The topological polar surface area (TPSA) is 41.6 Å². The fraction of sp³-hybridized carbons (Fsp3) is 0.667. The Hall–Kier alpha value is -1.46. The maximum Gasteiger partial charge on any atom is 0.233 e. The van der Waals surface area contributed by atoms with Crippen LogP contribution in [0.5, 0.6) is 0 Å². The summed E-state index contributed by atoms with van der Waals surface area (Å²) in [6.07, 6.45) is 6.14. The van der Waals surface area contributed by atoms with Crippen molar-refractivity contribution >= 4 is 5.91 Å². The molecule has 26 heavy (non-hydrogen) atoms. The molecule has 3 fully saturated rings. The largest absolute Gasteiger partial charge is 0.381 e. The van der Waals surface area contributed by atoms with Crippen LogP contribution in [0.3, 0.4) is 0 Å². The van der Waals surface area contributed by atoms with Gasteiger partial charge in [-0.3, -0.25) is 4.79 Å². The summed E-state index contributed by atoms with van der Waals surface area (Å²) in [7, 11) is 0. The minimum absolute atomic E-state index is 0.202. The molecule has 2 heterocycles. The lowest BCUT2D eigenvalue weighted by atomic mass is 9.72. The molecular formula is C21H29FN2O2. The Morgan fingerprint density at radius 2 is 1.77 bits per heavy atom. The first-order valence-corrected chi connectivity index (χ1v) is 10.0. The maximum absolute atomic E-state index is 13.5. The Labute approximate surface area is 155 Å². The SMILES string of the molecule is O=C(N1CCC(NCC2CC2)CC1)C1(c2ccc(F)cc2)CCOCC1. The number of likely N-dealkylation sites (tertiary alicyclic amines) is 1. The molecule has 142 valence electrons. The number of carbonyl (C=O) groups excluding carboxylic acids is 1. The van der Waals surface area contributed by atoms with Gasteiger partial charge in [0, 0.05) is 32.3 Å². The van der Waals surface area contributed by atoms with Gasteiger partial charge in [0.25, 0.3) is 0 Å². The Balaban J connectivity index is 1.44. The van der Waals surface area contributed by atoms with E-state index in [4.69, 9.17) is 4.74 Å². The predicted octanol–water partition coefficient (Wildman–Crippen LogP) is 2.86. The maximum atomic E-state index is 13.5. The van der Waals surface area contributed by atoms with Gasteiger partial charge in [0.1, 0.15) is 5.82 Å². The zero-order valence-electron chi connectivity index (χ0n) is 15.4. The van der Waals surface area contributed by atoms with Gasteiger partial charge < -0.3 is 15.0 Å². The number of benzene rings is 1. The van der Waals surface area contributed by atoms with Crippen LogP contribution >= 0.6 is 0 Å². The molecule has 0 aromatic heterocycles. The van der Waals surface area contributed by atoms with Crippen molar-refractivity contribution in [2.75, 3.05) is 32.8 Å². The summed E-state index contributed by atoms with van der Waals surface area (Å²) in [4.78, 5) is 15.5. The van der Waals surface area contributed by atoms with Crippen LogP contribution in [-0.4, -0.2) is 49.7 Å². The third kappa shape index (κ3) is 3.79. The third-order valence-corrected chi connectivity index (χ3v) is 6.33. The molecule has 2 aliphatic heterocycles. The smallest absolute Gasteiger partial charge is 0.233 e. The Morgan fingerprint density at radius 3 is 2.38 bits per heavy atom. The summed E-state index contributed by atoms with van der Waals surface area (Å²) in [5.74, 6) is 0.831. The molecule has 2 saturated heterocycles. The molecule has 1 aliphatic carbocycles. The summed E-state index contributed by atoms with van der Waals surface area (Å²) in [6.45, 7) is 3.93. The van der Waals surface area contributed by atoms with E-state index in [1.54, 1.807) is 12.1 Å². The average Bonchev–Trinajstić information content (AvgIpc) is 3.52. The van der Waals surface area contributed by atoms with E-state index in [-0.39, 0.29) is 11.7 Å². The van der Waals surface area contributed by atoms with Gasteiger partial charge in [-0.25, -0.2) is 4.39 Å². The van der Waals surface area contributed by atoms with Gasteiger partial charge in [-0.05, 0) is 68.7 Å². The summed E-state index contributed by atoms with van der Waals surface area (Å²) in [5.41, 5.74) is 0.376. The lowest BCUT2D eigenvalue weighted by molar-refractivity contribution is -0.142. The lowest BCUT2D eigenvalue weighted by Crippen LogP contribution is -2.53. The standard InChI is InChI=1S/C21H29FN2O2/c22-18-5-3-17(4-6-18)21(9-13-26-14-10-21)20(25)24-11-7-19(8-12-24)23-15-16-1-2-16/h3-6,16,19,23H,1-2,7-15H2. The fourth-order valence-electron chi connectivity index (χ4n) is 4.36. The van der Waals surface area contributed by atoms with Crippen molar-refractivity contribution in [3.05, 3.63) is 35.6 Å². The van der Waals surface area contributed by atoms with E-state index in [1.807, 2.05) is 4.90 Å². The number of nitrogens with one attached hydrogen (secondary N) is 1. The molecule has 1 saturated carbocycles. The van der Waals surface area contributed by atoms with Crippen molar-refractivity contribution in [1.29, 1.82) is 0 Å². The van der Waals surface area contributed by atoms with Gasteiger partial charge in [0.15, 0.2) is 0 Å². The van der Waals surface area contributed by atoms with Crippen LogP contribution in [0.1, 0.15) is 44.1 Å². The molecule has 1 aromatic carbocycles. The van der Waals surface area contributed by atoms with Crippen LogP contribution in [0.25, 0.3) is 0 Å². The molecular weight excluding hydrogens is 331 g/mol. The second-order valence-corrected chi connectivity index (χ2v) is 8.12. The summed E-state index contributed by atoms with van der Waals surface area (Å²) in [6, 6.07) is 7.03. The molecule has 5 heteroatoms. The minimum atomic E-state index is -0.555. The number of hydrogen-bond acceptors (Lipinski definition) is 3. The van der Waals surface area contributed by atoms with Crippen molar-refractivity contribution in [3.63, 3.8) is 0 Å². The average molecular weight is 360 g/mol. The molecule has 0 unspecified atom stereocenters. The Kier molecular flexibility index (Phi) is 5.28. The van der Waals surface area contributed by atoms with Gasteiger partial charge >= 0.3 is 0 Å². The van der Waals surface area contributed by atoms with Crippen LogP contribution in [0.15, 0.2) is 24.3 Å². The second-order valence-electron chi connectivity index (χ2n) is 8.12. The highest BCUT2D eigenvalue weighted by atomic mass is 19.1. The van der Waals surface area contributed by atoms with Crippen LogP contribution in [-0.2, 0) is 14.9 Å². The van der Waals surface area contributed by atoms with E-state index < -0.39 is 5.41 Å². The van der Waals surface area contributed by atoms with E-state index in [0.717, 1.165) is 44.0 Å². The van der Waals surface area contributed by atoms with Crippen LogP contribution < -0.4 is 5.32 Å². The van der Waals surface area contributed by atoms with Crippen molar-refractivity contribution in [2.45, 2.75) is 50.0 Å². The van der Waals surface area contributed by atoms with Gasteiger partial charge in [-0.2, -0.15) is 0 Å². The first-order chi connectivity index (χ1) is 12.7. The van der Waals surface area contributed by atoms with E-state index in [9.17, 15) is 9.18 Å². The highest BCUT2D eigenvalue weighted by Gasteiger charge is 2.44. The normalized spacial score (nSPS) is 23.8. The van der Waals surface area contributed by atoms with Crippen molar-refractivity contribution in [1.82, 2.24) is 10.2 Å². The molecule has 4 rings (SSSR count). The zero-order valence-corrected chi connectivity index (χ0v) is 15.4. The molecule has 0 radical (unpaired) electrons. The Bertz CT molecular complexity index is 615. The molecule has 1 amide bonds. The second kappa shape index (κ2) is 7.65. The van der Waals surface area contributed by atoms with Crippen LogP contribution in [0.4, 0.5) is 4.39 Å². The van der Waals surface area contributed by atoms with Gasteiger partial charge in [0.05, 0.1) is 5.41 Å². The monoisotopic (exact) mass is 360 g/mol. The lowest BCUT2D eigenvalue weighted by Gasteiger charge is -2.42. The molecule has 4 nitrogen and oxygen atoms in total. The van der Waals surface area contributed by atoms with Crippen LogP contribution in [0.2, 0.25) is 0 Å². The quantitative estimate of drug-likeness (QED) is 0.878. The number of halogens is 1. The number of hydrogen-bond donors (Lipinski definition) is 1. The number of amides is 1. The number of nitrogens with zero attached hydrogens (tertiary/aromatic N) is 1. The van der Waals surface area contributed by atoms with Crippen molar-refractivity contribution in [3.8, 4) is 0 Å². The van der Waals surface area contributed by atoms with Gasteiger partial charge in [-0.1, -0.05) is 12.1 Å². The molecule has 1 N–H and O–H groups in total. The molecule has 0 bridgehead atoms. The van der Waals surface area contributed by atoms with Crippen molar-refractivity contribution in [2.24, 2.45) is 5.92 Å². The third-order valence-electron chi connectivity index (χ3n) is 6.33. The first-order valence-electron chi connectivity index (χ1n) is 10.0. The summed E-state index contributed by atoms with van der Waals surface area (Å²) < 4.78 is 18.9. The summed E-state index contributed by atoms with van der Waals surface area (Å²) >= 11 is 0. The number of carbonyl (C=O) groups is 1. The van der Waals surface area contributed by atoms with Crippen LogP contribution in [0, 0.1) is 11.7 Å². The number of ether oxygens (including phenoxy) is 1. The van der Waals surface area contributed by atoms with E-state index in [2.05, 4.69) is 5.32 Å². The molecule has 0 atom stereocenters. The number of rotatable bonds is 5. The van der Waals surface area contributed by atoms with Gasteiger partial charge in [-0.15, -0.1) is 0 Å². The fourth-order valence-corrected chi connectivity index (χ4v) is 4.36. The summed E-state index contributed by atoms with van der Waals surface area (Å²) in [5, 5.41) is 3.67. The highest BCUT2D eigenvalue weighted by molar-refractivity contribution is 5.88. The molecule has 1 aromatic rings. The first kappa shape index (κ1) is 17.9. The molecule has 0 spiro atoms. The van der Waals surface area contributed by atoms with Crippen molar-refractivity contribution < 1.29 is 13.9 Å². The predicted molar refractivity (Wildman–Crippen MR) is 98.5 cm³/mol. The molecule has 3 aliphatic rings. The highest BCUT2D eigenvalue weighted by Crippen LogP contribution is 2.37. The minimum Gasteiger partial charge on any atom is -0.381 e. The van der Waals surface area contributed by atoms with Gasteiger partial charge in [0.2, 0.25) is 5.91 Å². The van der Waals surface area contributed by atoms with E-state index >= 15 is 0 Å². The zero-order chi connectivity index (χ0) is 18.0.